The Kier molecular flexibility index (Phi) is 6.26. The van der Waals surface area contributed by atoms with Crippen molar-refractivity contribution in [3.05, 3.63) is 76.5 Å². The van der Waals surface area contributed by atoms with Crippen molar-refractivity contribution < 1.29 is 9.18 Å². The van der Waals surface area contributed by atoms with Gasteiger partial charge in [-0.1, -0.05) is 18.2 Å². The van der Waals surface area contributed by atoms with Crippen LogP contribution >= 0.6 is 0 Å². The minimum Gasteiger partial charge on any atom is -0.399 e. The van der Waals surface area contributed by atoms with E-state index in [1.807, 2.05) is 33.7 Å². The summed E-state index contributed by atoms with van der Waals surface area (Å²) in [6.07, 6.45) is 5.73. The lowest BCUT2D eigenvalue weighted by atomic mass is 9.96. The third-order valence-corrected chi connectivity index (χ3v) is 9.30. The Bertz CT molecular complexity index is 1620. The molecular weight excluding hydrogens is 507 g/mol. The first-order valence-electron chi connectivity index (χ1n) is 14.4. The van der Waals surface area contributed by atoms with E-state index in [4.69, 9.17) is 5.73 Å². The summed E-state index contributed by atoms with van der Waals surface area (Å²) in [6.45, 7) is 2.14. The SMILES string of the molecule is Nc1ccc2c(c1)[nH]c(=O)n2C1CCN(C(=O)NC2C[C@H]3CC[C@@H](C2)N3Cc2ccc3cc(F)ccc3c2)CC1. The molecule has 3 aromatic carbocycles. The van der Waals surface area contributed by atoms with Gasteiger partial charge in [-0.05, 0) is 91.3 Å². The molecule has 1 aromatic heterocycles. The molecule has 4 aromatic rings. The minimum atomic E-state index is -0.206. The van der Waals surface area contributed by atoms with Gasteiger partial charge in [0.15, 0.2) is 0 Å². The average Bonchev–Trinajstić information content (AvgIpc) is 3.38. The highest BCUT2D eigenvalue weighted by molar-refractivity contribution is 5.83. The number of H-pyrrole nitrogens is 1. The molecule has 2 amide bonds. The number of nitrogens with zero attached hydrogens (tertiary/aromatic N) is 3. The summed E-state index contributed by atoms with van der Waals surface area (Å²) in [6, 6.07) is 17.9. The molecule has 8 nitrogen and oxygen atoms in total. The van der Waals surface area contributed by atoms with Crippen LogP contribution in [0.1, 0.15) is 50.1 Å². The van der Waals surface area contributed by atoms with Crippen molar-refractivity contribution in [3.8, 4) is 0 Å². The number of likely N-dealkylation sites (tertiary alicyclic amines) is 1. The number of anilines is 1. The number of halogens is 1. The molecule has 0 aliphatic carbocycles. The number of aromatic amines is 1. The van der Waals surface area contributed by atoms with Gasteiger partial charge in [-0.15, -0.1) is 0 Å². The molecule has 9 heteroatoms. The Balaban J connectivity index is 0.950. The monoisotopic (exact) mass is 542 g/mol. The van der Waals surface area contributed by atoms with Crippen LogP contribution in [-0.2, 0) is 6.54 Å². The molecule has 4 N–H and O–H groups in total. The molecule has 3 fully saturated rings. The predicted octanol–water partition coefficient (Wildman–Crippen LogP) is 4.75. The number of carbonyl (C=O) groups excluding carboxylic acids is 1. The Labute approximate surface area is 231 Å². The zero-order valence-corrected chi connectivity index (χ0v) is 22.5. The van der Waals surface area contributed by atoms with E-state index in [9.17, 15) is 14.0 Å². The van der Waals surface area contributed by atoms with Gasteiger partial charge >= 0.3 is 11.7 Å². The van der Waals surface area contributed by atoms with Crippen LogP contribution in [-0.4, -0.2) is 56.6 Å². The molecule has 3 aliphatic rings. The van der Waals surface area contributed by atoms with E-state index < -0.39 is 0 Å². The van der Waals surface area contributed by atoms with Gasteiger partial charge in [-0.25, -0.2) is 14.0 Å². The number of carbonyl (C=O) groups is 1. The molecule has 3 aliphatic heterocycles. The van der Waals surface area contributed by atoms with Crippen LogP contribution < -0.4 is 16.7 Å². The zero-order chi connectivity index (χ0) is 27.4. The second-order valence-corrected chi connectivity index (χ2v) is 11.8. The number of benzene rings is 3. The lowest BCUT2D eigenvalue weighted by molar-refractivity contribution is 0.105. The van der Waals surface area contributed by atoms with Crippen LogP contribution in [0.25, 0.3) is 21.8 Å². The molecule has 4 heterocycles. The summed E-state index contributed by atoms with van der Waals surface area (Å²) < 4.78 is 15.4. The molecule has 40 heavy (non-hydrogen) atoms. The Morgan fingerprint density at radius 1 is 0.925 bits per heavy atom. The lowest BCUT2D eigenvalue weighted by Gasteiger charge is -2.40. The number of nitrogen functional groups attached to an aromatic ring is 1. The standard InChI is InChI=1S/C31H35FN6O2/c32-22-4-3-20-13-19(1-2-21(20)14-22)18-37-26-6-7-27(37)17-24(16-26)34-30(39)36-11-9-25(10-12-36)38-29-8-5-23(33)15-28(29)35-31(38)40/h1-5,8,13-15,24-27H,6-7,9-12,16-18,33H2,(H,34,39)(H,35,40)/t24?,26-,27+. The summed E-state index contributed by atoms with van der Waals surface area (Å²) in [5, 5.41) is 5.33. The number of imidazole rings is 1. The zero-order valence-electron chi connectivity index (χ0n) is 22.5. The van der Waals surface area contributed by atoms with Crippen molar-refractivity contribution in [1.82, 2.24) is 24.7 Å². The molecule has 0 radical (unpaired) electrons. The number of nitrogens with one attached hydrogen (secondary N) is 2. The molecule has 3 atom stereocenters. The second-order valence-electron chi connectivity index (χ2n) is 11.8. The first kappa shape index (κ1) is 25.1. The summed E-state index contributed by atoms with van der Waals surface area (Å²) >= 11 is 0. The van der Waals surface area contributed by atoms with E-state index in [-0.39, 0.29) is 29.6 Å². The largest absolute Gasteiger partial charge is 0.399 e. The van der Waals surface area contributed by atoms with Crippen molar-refractivity contribution in [2.45, 2.75) is 69.2 Å². The number of urea groups is 1. The van der Waals surface area contributed by atoms with E-state index in [1.165, 1.54) is 11.6 Å². The van der Waals surface area contributed by atoms with Crippen molar-refractivity contribution in [3.63, 3.8) is 0 Å². The second kappa shape index (κ2) is 9.96. The topological polar surface area (TPSA) is 99.4 Å². The number of aromatic nitrogens is 2. The predicted molar refractivity (Wildman–Crippen MR) is 155 cm³/mol. The molecule has 208 valence electrons. The van der Waals surface area contributed by atoms with E-state index >= 15 is 0 Å². The lowest BCUT2D eigenvalue weighted by Crippen LogP contribution is -2.53. The third kappa shape index (κ3) is 4.62. The third-order valence-electron chi connectivity index (χ3n) is 9.30. The Morgan fingerprint density at radius 2 is 1.65 bits per heavy atom. The van der Waals surface area contributed by atoms with Gasteiger partial charge in [-0.2, -0.15) is 0 Å². The van der Waals surface area contributed by atoms with Gasteiger partial charge < -0.3 is 20.9 Å². The number of nitrogens with two attached hydrogens (primary N) is 1. The van der Waals surface area contributed by atoms with E-state index in [1.54, 1.807) is 12.1 Å². The average molecular weight is 543 g/mol. The minimum absolute atomic E-state index is 0.0112. The number of piperidine rings is 2. The van der Waals surface area contributed by atoms with Gasteiger partial charge in [0.1, 0.15) is 5.82 Å². The number of hydrogen-bond donors (Lipinski definition) is 3. The fourth-order valence-corrected chi connectivity index (χ4v) is 7.33. The maximum atomic E-state index is 13.6. The van der Waals surface area contributed by atoms with Crippen LogP contribution in [0, 0.1) is 5.82 Å². The van der Waals surface area contributed by atoms with Gasteiger partial charge in [0.2, 0.25) is 0 Å². The smallest absolute Gasteiger partial charge is 0.326 e. The highest BCUT2D eigenvalue weighted by atomic mass is 19.1. The summed E-state index contributed by atoms with van der Waals surface area (Å²) in [5.41, 5.74) is 9.25. The van der Waals surface area contributed by atoms with Crippen LogP contribution in [0.2, 0.25) is 0 Å². The van der Waals surface area contributed by atoms with Gasteiger partial charge in [0.25, 0.3) is 0 Å². The molecule has 1 unspecified atom stereocenters. The maximum absolute atomic E-state index is 13.6. The van der Waals surface area contributed by atoms with Crippen molar-refractivity contribution in [1.29, 1.82) is 0 Å². The first-order chi connectivity index (χ1) is 19.4. The van der Waals surface area contributed by atoms with Crippen molar-refractivity contribution in [2.24, 2.45) is 0 Å². The summed E-state index contributed by atoms with van der Waals surface area (Å²) in [7, 11) is 0. The van der Waals surface area contributed by atoms with Crippen molar-refractivity contribution >= 4 is 33.5 Å². The highest BCUT2D eigenvalue weighted by Crippen LogP contribution is 2.37. The number of rotatable bonds is 4. The number of hydrogen-bond acceptors (Lipinski definition) is 4. The number of fused-ring (bicyclic) bond motifs is 4. The van der Waals surface area contributed by atoms with E-state index in [2.05, 4.69) is 27.3 Å². The van der Waals surface area contributed by atoms with Gasteiger partial charge in [-0.3, -0.25) is 9.47 Å². The Hall–Kier alpha value is -3.85. The highest BCUT2D eigenvalue weighted by Gasteiger charge is 2.41. The van der Waals surface area contributed by atoms with Crippen LogP contribution in [0.3, 0.4) is 0 Å². The fraction of sp³-hybridized carbons (Fsp3) is 0.419. The summed E-state index contributed by atoms with van der Waals surface area (Å²) in [4.78, 5) is 33.3. The van der Waals surface area contributed by atoms with E-state index in [0.717, 1.165) is 66.9 Å². The summed E-state index contributed by atoms with van der Waals surface area (Å²) in [5.74, 6) is -0.206. The normalized spacial score (nSPS) is 23.7. The maximum Gasteiger partial charge on any atom is 0.326 e. The van der Waals surface area contributed by atoms with Crippen LogP contribution in [0.5, 0.6) is 0 Å². The quantitative estimate of drug-likeness (QED) is 0.324. The molecular formula is C31H35FN6O2. The Morgan fingerprint density at radius 3 is 2.42 bits per heavy atom. The molecule has 0 spiro atoms. The number of amides is 2. The van der Waals surface area contributed by atoms with Crippen LogP contribution in [0.4, 0.5) is 14.9 Å². The molecule has 7 rings (SSSR count). The molecule has 2 bridgehead atoms. The first-order valence-corrected chi connectivity index (χ1v) is 14.4. The van der Waals surface area contributed by atoms with Gasteiger partial charge in [0.05, 0.1) is 11.0 Å². The van der Waals surface area contributed by atoms with E-state index in [0.29, 0.717) is 30.9 Å². The fourth-order valence-electron chi connectivity index (χ4n) is 7.33. The van der Waals surface area contributed by atoms with Crippen LogP contribution in [0.15, 0.2) is 59.4 Å². The van der Waals surface area contributed by atoms with Gasteiger partial charge in [0, 0.05) is 49.5 Å². The molecule has 0 saturated carbocycles. The van der Waals surface area contributed by atoms with Crippen molar-refractivity contribution in [2.75, 3.05) is 18.8 Å². The molecule has 3 saturated heterocycles.